The van der Waals surface area contributed by atoms with Crippen molar-refractivity contribution in [2.24, 2.45) is 11.8 Å². The second kappa shape index (κ2) is 7.96. The minimum Gasteiger partial charge on any atom is -0.396 e. The molecule has 1 saturated carbocycles. The van der Waals surface area contributed by atoms with E-state index in [0.717, 1.165) is 25.1 Å². The maximum Gasteiger partial charge on any atom is 0.220 e. The van der Waals surface area contributed by atoms with Gasteiger partial charge >= 0.3 is 0 Å². The predicted octanol–water partition coefficient (Wildman–Crippen LogP) is 1.65. The van der Waals surface area contributed by atoms with Crippen molar-refractivity contribution in [2.75, 3.05) is 25.2 Å². The Hall–Kier alpha value is -0.220. The molecule has 0 bridgehead atoms. The van der Waals surface area contributed by atoms with Crippen molar-refractivity contribution in [3.63, 3.8) is 0 Å². The Kier molecular flexibility index (Phi) is 6.88. The van der Waals surface area contributed by atoms with Crippen molar-refractivity contribution >= 4 is 17.7 Å². The molecule has 1 fully saturated rings. The highest BCUT2D eigenvalue weighted by atomic mass is 32.2. The third-order valence-electron chi connectivity index (χ3n) is 3.40. The number of nitrogens with one attached hydrogen (secondary N) is 1. The van der Waals surface area contributed by atoms with E-state index in [1.807, 2.05) is 6.26 Å². The molecule has 2 N–H and O–H groups in total. The molecule has 1 rings (SSSR count). The van der Waals surface area contributed by atoms with Gasteiger partial charge in [0.05, 0.1) is 0 Å². The second-order valence-electron chi connectivity index (χ2n) is 4.53. The number of carbonyl (C=O) groups excluding carboxylic acids is 1. The first kappa shape index (κ1) is 13.8. The summed E-state index contributed by atoms with van der Waals surface area (Å²) in [5.41, 5.74) is 0. The molecule has 0 aromatic heterocycles. The second-order valence-corrected chi connectivity index (χ2v) is 5.52. The van der Waals surface area contributed by atoms with Gasteiger partial charge in [-0.2, -0.15) is 11.8 Å². The molecular formula is C12H23NO2S. The van der Waals surface area contributed by atoms with Crippen LogP contribution < -0.4 is 5.32 Å². The van der Waals surface area contributed by atoms with Gasteiger partial charge < -0.3 is 10.4 Å². The van der Waals surface area contributed by atoms with Gasteiger partial charge in [-0.05, 0) is 30.9 Å². The number of aliphatic hydroxyl groups excluding tert-OH is 1. The molecule has 3 nitrogen and oxygen atoms in total. The monoisotopic (exact) mass is 245 g/mol. The molecule has 4 heteroatoms. The van der Waals surface area contributed by atoms with Crippen LogP contribution >= 0.6 is 11.8 Å². The quantitative estimate of drug-likeness (QED) is 0.748. The molecule has 16 heavy (non-hydrogen) atoms. The first-order valence-corrected chi connectivity index (χ1v) is 7.53. The number of amides is 1. The van der Waals surface area contributed by atoms with E-state index in [9.17, 15) is 9.90 Å². The summed E-state index contributed by atoms with van der Waals surface area (Å²) in [6.45, 7) is 1.02. The summed E-state index contributed by atoms with van der Waals surface area (Å²) in [6, 6.07) is 0. The van der Waals surface area contributed by atoms with Gasteiger partial charge in [-0.15, -0.1) is 0 Å². The van der Waals surface area contributed by atoms with Crippen LogP contribution in [0.3, 0.4) is 0 Å². The van der Waals surface area contributed by atoms with Crippen LogP contribution in [0.1, 0.15) is 32.1 Å². The number of hydrogen-bond acceptors (Lipinski definition) is 3. The Balaban J connectivity index is 2.21. The van der Waals surface area contributed by atoms with E-state index in [1.54, 1.807) is 11.8 Å². The Bertz CT molecular complexity index is 211. The van der Waals surface area contributed by atoms with Crippen molar-refractivity contribution in [3.8, 4) is 0 Å². The first-order valence-electron chi connectivity index (χ1n) is 6.14. The predicted molar refractivity (Wildman–Crippen MR) is 68.5 cm³/mol. The highest BCUT2D eigenvalue weighted by Gasteiger charge is 2.24. The lowest BCUT2D eigenvalue weighted by Gasteiger charge is -2.30. The Morgan fingerprint density at radius 1 is 1.38 bits per heavy atom. The number of hydrogen-bond donors (Lipinski definition) is 2. The van der Waals surface area contributed by atoms with Gasteiger partial charge in [-0.25, -0.2) is 0 Å². The third kappa shape index (κ3) is 4.74. The maximum atomic E-state index is 11.5. The molecule has 0 aromatic rings. The number of thioether (sulfide) groups is 1. The lowest BCUT2D eigenvalue weighted by Crippen LogP contribution is -2.35. The average molecular weight is 245 g/mol. The molecule has 2 unspecified atom stereocenters. The molecule has 0 aliphatic heterocycles. The maximum absolute atomic E-state index is 11.5. The summed E-state index contributed by atoms with van der Waals surface area (Å²) in [6.07, 6.45) is 7.34. The van der Waals surface area contributed by atoms with Crippen molar-refractivity contribution in [2.45, 2.75) is 32.1 Å². The molecule has 94 valence electrons. The SMILES string of the molecule is CSCCC(=O)NCC1CCCCC1CO. The van der Waals surface area contributed by atoms with E-state index >= 15 is 0 Å². The molecule has 0 heterocycles. The van der Waals surface area contributed by atoms with E-state index in [4.69, 9.17) is 0 Å². The van der Waals surface area contributed by atoms with Crippen LogP contribution in [0, 0.1) is 11.8 Å². The summed E-state index contributed by atoms with van der Waals surface area (Å²) in [4.78, 5) is 11.5. The summed E-state index contributed by atoms with van der Waals surface area (Å²) < 4.78 is 0. The summed E-state index contributed by atoms with van der Waals surface area (Å²) in [5, 5.41) is 12.2. The van der Waals surface area contributed by atoms with Gasteiger partial charge in [0.2, 0.25) is 5.91 Å². The Morgan fingerprint density at radius 3 is 2.69 bits per heavy atom. The third-order valence-corrected chi connectivity index (χ3v) is 4.01. The van der Waals surface area contributed by atoms with Crippen LogP contribution in [0.2, 0.25) is 0 Å². The molecule has 2 atom stereocenters. The number of carbonyl (C=O) groups is 1. The van der Waals surface area contributed by atoms with E-state index in [1.165, 1.54) is 12.8 Å². The smallest absolute Gasteiger partial charge is 0.220 e. The van der Waals surface area contributed by atoms with Crippen molar-refractivity contribution in [3.05, 3.63) is 0 Å². The minimum absolute atomic E-state index is 0.150. The van der Waals surface area contributed by atoms with Gasteiger partial charge in [0.15, 0.2) is 0 Å². The van der Waals surface area contributed by atoms with Gasteiger partial charge in [-0.3, -0.25) is 4.79 Å². The first-order chi connectivity index (χ1) is 7.77. The Labute approximate surface area is 102 Å². The highest BCUT2D eigenvalue weighted by Crippen LogP contribution is 2.28. The van der Waals surface area contributed by atoms with E-state index in [-0.39, 0.29) is 12.5 Å². The molecule has 0 aromatic carbocycles. The van der Waals surface area contributed by atoms with Gasteiger partial charge in [-0.1, -0.05) is 12.8 Å². The van der Waals surface area contributed by atoms with Crippen LogP contribution in [0.4, 0.5) is 0 Å². The Morgan fingerprint density at radius 2 is 2.06 bits per heavy atom. The molecule has 1 aliphatic rings. The molecule has 1 amide bonds. The lowest BCUT2D eigenvalue weighted by molar-refractivity contribution is -0.121. The zero-order valence-corrected chi connectivity index (χ0v) is 10.9. The van der Waals surface area contributed by atoms with E-state index < -0.39 is 0 Å². The van der Waals surface area contributed by atoms with Crippen LogP contribution in [0.5, 0.6) is 0 Å². The van der Waals surface area contributed by atoms with E-state index in [2.05, 4.69) is 5.32 Å². The number of rotatable bonds is 6. The molecule has 1 aliphatic carbocycles. The van der Waals surface area contributed by atoms with Crippen molar-refractivity contribution < 1.29 is 9.90 Å². The van der Waals surface area contributed by atoms with Crippen LogP contribution in [0.15, 0.2) is 0 Å². The summed E-state index contributed by atoms with van der Waals surface area (Å²) in [7, 11) is 0. The summed E-state index contributed by atoms with van der Waals surface area (Å²) >= 11 is 1.70. The minimum atomic E-state index is 0.150. The lowest BCUT2D eigenvalue weighted by atomic mass is 9.79. The standard InChI is InChI=1S/C12H23NO2S/c1-16-7-6-12(15)13-8-10-4-2-3-5-11(10)9-14/h10-11,14H,2-9H2,1H3,(H,13,15). The van der Waals surface area contributed by atoms with Crippen LogP contribution in [-0.2, 0) is 4.79 Å². The fraction of sp³-hybridized carbons (Fsp3) is 0.917. The highest BCUT2D eigenvalue weighted by molar-refractivity contribution is 7.98. The normalized spacial score (nSPS) is 25.4. The number of aliphatic hydroxyl groups is 1. The fourth-order valence-corrected chi connectivity index (χ4v) is 2.71. The molecule has 0 radical (unpaired) electrons. The largest absolute Gasteiger partial charge is 0.396 e. The van der Waals surface area contributed by atoms with Gasteiger partial charge in [0.25, 0.3) is 0 Å². The average Bonchev–Trinajstić information content (AvgIpc) is 2.34. The van der Waals surface area contributed by atoms with Gasteiger partial charge in [0.1, 0.15) is 0 Å². The van der Waals surface area contributed by atoms with Crippen LogP contribution in [0.25, 0.3) is 0 Å². The fourth-order valence-electron chi connectivity index (χ4n) is 2.32. The van der Waals surface area contributed by atoms with Crippen molar-refractivity contribution in [1.29, 1.82) is 0 Å². The van der Waals surface area contributed by atoms with Crippen LogP contribution in [-0.4, -0.2) is 36.2 Å². The van der Waals surface area contributed by atoms with Gasteiger partial charge in [0, 0.05) is 25.3 Å². The zero-order chi connectivity index (χ0) is 11.8. The molecular weight excluding hydrogens is 222 g/mol. The zero-order valence-electron chi connectivity index (χ0n) is 10.1. The summed E-state index contributed by atoms with van der Waals surface area (Å²) in [5.74, 6) is 1.92. The topological polar surface area (TPSA) is 49.3 Å². The van der Waals surface area contributed by atoms with E-state index in [0.29, 0.717) is 18.3 Å². The molecule has 0 saturated heterocycles. The molecule has 0 spiro atoms. The van der Waals surface area contributed by atoms with Crippen molar-refractivity contribution in [1.82, 2.24) is 5.32 Å².